The number of nitrogens with zero attached hydrogens (tertiary/aromatic N) is 1. The summed E-state index contributed by atoms with van der Waals surface area (Å²) in [6.07, 6.45) is 0.371. The molecule has 16 heavy (non-hydrogen) atoms. The van der Waals surface area contributed by atoms with Crippen LogP contribution in [0.1, 0.15) is 12.0 Å². The lowest BCUT2D eigenvalue weighted by Gasteiger charge is -2.16. The minimum Gasteiger partial charge on any atom is -0.396 e. The first-order valence-corrected chi connectivity index (χ1v) is 5.30. The average molecular weight is 223 g/mol. The number of carbonyl (C=O) groups excluding carboxylic acids is 1. The lowest BCUT2D eigenvalue weighted by atomic mass is 10.1. The van der Waals surface area contributed by atoms with Crippen LogP contribution in [-0.2, 0) is 11.5 Å². The fourth-order valence-corrected chi connectivity index (χ4v) is 1.96. The summed E-state index contributed by atoms with van der Waals surface area (Å²) in [6, 6.07) is 6.89. The highest BCUT2D eigenvalue weighted by molar-refractivity contribution is 5.95. The quantitative estimate of drug-likeness (QED) is 0.843. The van der Waals surface area contributed by atoms with Crippen molar-refractivity contribution >= 4 is 11.6 Å². The van der Waals surface area contributed by atoms with Crippen LogP contribution >= 0.6 is 0 Å². The second-order valence-electron chi connectivity index (χ2n) is 4.06. The Morgan fingerprint density at radius 1 is 1.50 bits per heavy atom. The predicted octanol–water partition coefficient (Wildman–Crippen LogP) is 1.50. The van der Waals surface area contributed by atoms with Gasteiger partial charge in [-0.05, 0) is 17.7 Å². The van der Waals surface area contributed by atoms with Gasteiger partial charge in [0.05, 0.1) is 0 Å². The Labute approximate surface area is 93.5 Å². The Kier molecular flexibility index (Phi) is 3.19. The van der Waals surface area contributed by atoms with Gasteiger partial charge < -0.3 is 10.0 Å². The minimum atomic E-state index is -0.528. The summed E-state index contributed by atoms with van der Waals surface area (Å²) in [5.41, 5.74) is 1.29. The molecule has 3 nitrogen and oxygen atoms in total. The van der Waals surface area contributed by atoms with Crippen LogP contribution in [0.15, 0.2) is 24.3 Å². The van der Waals surface area contributed by atoms with Crippen LogP contribution in [0.4, 0.5) is 10.1 Å². The zero-order chi connectivity index (χ0) is 11.5. The van der Waals surface area contributed by atoms with E-state index in [0.717, 1.165) is 5.69 Å². The van der Waals surface area contributed by atoms with Gasteiger partial charge in [0.2, 0.25) is 5.91 Å². The lowest BCUT2D eigenvalue weighted by Crippen LogP contribution is -2.24. The van der Waals surface area contributed by atoms with Gasteiger partial charge in [-0.25, -0.2) is 4.39 Å². The predicted molar refractivity (Wildman–Crippen MR) is 58.8 cm³/mol. The summed E-state index contributed by atoms with van der Waals surface area (Å²) < 4.78 is 12.5. The van der Waals surface area contributed by atoms with E-state index in [-0.39, 0.29) is 18.4 Å². The molecule has 1 saturated heterocycles. The van der Waals surface area contributed by atoms with Crippen molar-refractivity contribution in [2.45, 2.75) is 13.1 Å². The molecule has 1 fully saturated rings. The summed E-state index contributed by atoms with van der Waals surface area (Å²) in [6.45, 7) is 0.00934. The van der Waals surface area contributed by atoms with E-state index in [1.54, 1.807) is 29.2 Å². The number of hydrogen-bond donors (Lipinski definition) is 1. The molecule has 1 aliphatic heterocycles. The molecule has 1 atom stereocenters. The van der Waals surface area contributed by atoms with E-state index in [2.05, 4.69) is 0 Å². The molecule has 1 N–H and O–H groups in total. The Hall–Kier alpha value is -1.42. The summed E-state index contributed by atoms with van der Waals surface area (Å²) >= 11 is 0. The van der Waals surface area contributed by atoms with Crippen molar-refractivity contribution in [1.82, 2.24) is 0 Å². The molecule has 0 aliphatic carbocycles. The highest BCUT2D eigenvalue weighted by Gasteiger charge is 2.29. The SMILES string of the molecule is O=C1CC(CO)CN1c1cccc(CF)c1. The lowest BCUT2D eigenvalue weighted by molar-refractivity contribution is -0.117. The Bertz CT molecular complexity index is 394. The topological polar surface area (TPSA) is 40.5 Å². The maximum absolute atomic E-state index is 12.5. The molecular formula is C12H14FNO2. The third-order valence-electron chi connectivity index (χ3n) is 2.84. The number of amides is 1. The van der Waals surface area contributed by atoms with Gasteiger partial charge in [-0.1, -0.05) is 12.1 Å². The van der Waals surface area contributed by atoms with E-state index >= 15 is 0 Å². The van der Waals surface area contributed by atoms with Gasteiger partial charge in [0.1, 0.15) is 6.67 Å². The summed E-state index contributed by atoms with van der Waals surface area (Å²) in [5.74, 6) is -0.00316. The number of rotatable bonds is 3. The van der Waals surface area contributed by atoms with Gasteiger partial charge in [-0.15, -0.1) is 0 Å². The highest BCUT2D eigenvalue weighted by atomic mass is 19.1. The third kappa shape index (κ3) is 2.07. The van der Waals surface area contributed by atoms with Gasteiger partial charge in [0.25, 0.3) is 0 Å². The molecule has 1 aromatic rings. The molecular weight excluding hydrogens is 209 g/mol. The number of halogens is 1. The molecule has 0 radical (unpaired) electrons. The van der Waals surface area contributed by atoms with Crippen molar-refractivity contribution in [3.63, 3.8) is 0 Å². The molecule has 0 aromatic heterocycles. The van der Waals surface area contributed by atoms with E-state index < -0.39 is 6.67 Å². The smallest absolute Gasteiger partial charge is 0.227 e. The number of aliphatic hydroxyl groups excluding tert-OH is 1. The number of hydrogen-bond acceptors (Lipinski definition) is 2. The molecule has 1 aromatic carbocycles. The number of aliphatic hydroxyl groups is 1. The van der Waals surface area contributed by atoms with Gasteiger partial charge in [-0.2, -0.15) is 0 Å². The number of anilines is 1. The number of benzene rings is 1. The standard InChI is InChI=1S/C12H14FNO2/c13-6-9-2-1-3-11(4-9)14-7-10(8-15)5-12(14)16/h1-4,10,15H,5-8H2. The zero-order valence-corrected chi connectivity index (χ0v) is 8.90. The van der Waals surface area contributed by atoms with Crippen molar-refractivity contribution in [3.8, 4) is 0 Å². The molecule has 1 unspecified atom stereocenters. The van der Waals surface area contributed by atoms with Crippen molar-refractivity contribution in [1.29, 1.82) is 0 Å². The molecule has 86 valence electrons. The van der Waals surface area contributed by atoms with Gasteiger partial charge >= 0.3 is 0 Å². The maximum atomic E-state index is 12.5. The van der Waals surface area contributed by atoms with E-state index in [4.69, 9.17) is 5.11 Å². The summed E-state index contributed by atoms with van der Waals surface area (Å²) in [4.78, 5) is 13.3. The highest BCUT2D eigenvalue weighted by Crippen LogP contribution is 2.25. The first-order valence-electron chi connectivity index (χ1n) is 5.30. The molecule has 1 amide bonds. The van der Waals surface area contributed by atoms with E-state index in [1.807, 2.05) is 0 Å². The maximum Gasteiger partial charge on any atom is 0.227 e. The fraction of sp³-hybridized carbons (Fsp3) is 0.417. The first-order chi connectivity index (χ1) is 7.74. The third-order valence-corrected chi connectivity index (χ3v) is 2.84. The van der Waals surface area contributed by atoms with Crippen molar-refractivity contribution in [2.24, 2.45) is 5.92 Å². The van der Waals surface area contributed by atoms with Gasteiger partial charge in [0, 0.05) is 31.2 Å². The van der Waals surface area contributed by atoms with Crippen LogP contribution < -0.4 is 4.90 Å². The average Bonchev–Trinajstić information content (AvgIpc) is 2.71. The molecule has 0 spiro atoms. The second-order valence-corrected chi connectivity index (χ2v) is 4.06. The van der Waals surface area contributed by atoms with Gasteiger partial charge in [-0.3, -0.25) is 4.79 Å². The van der Waals surface area contributed by atoms with Crippen LogP contribution in [-0.4, -0.2) is 24.2 Å². The van der Waals surface area contributed by atoms with Crippen LogP contribution in [0.25, 0.3) is 0 Å². The zero-order valence-electron chi connectivity index (χ0n) is 8.90. The number of alkyl halides is 1. The Balaban J connectivity index is 2.20. The van der Waals surface area contributed by atoms with Crippen LogP contribution in [0, 0.1) is 5.92 Å². The Morgan fingerprint density at radius 3 is 2.94 bits per heavy atom. The van der Waals surface area contributed by atoms with Crippen molar-refractivity contribution < 1.29 is 14.3 Å². The van der Waals surface area contributed by atoms with Crippen molar-refractivity contribution in [3.05, 3.63) is 29.8 Å². The normalized spacial score (nSPS) is 20.5. The first kappa shape index (κ1) is 11.1. The van der Waals surface area contributed by atoms with E-state index in [1.165, 1.54) is 0 Å². The molecule has 0 saturated carbocycles. The molecule has 1 aliphatic rings. The molecule has 1 heterocycles. The fourth-order valence-electron chi connectivity index (χ4n) is 1.96. The molecule has 2 rings (SSSR count). The molecule has 4 heteroatoms. The van der Waals surface area contributed by atoms with Crippen molar-refractivity contribution in [2.75, 3.05) is 18.1 Å². The van der Waals surface area contributed by atoms with E-state index in [9.17, 15) is 9.18 Å². The summed E-state index contributed by atoms with van der Waals surface area (Å²) in [5, 5.41) is 9.01. The van der Waals surface area contributed by atoms with E-state index in [0.29, 0.717) is 18.5 Å². The summed E-state index contributed by atoms with van der Waals surface area (Å²) in [7, 11) is 0. The second kappa shape index (κ2) is 4.61. The Morgan fingerprint density at radius 2 is 2.31 bits per heavy atom. The molecule has 0 bridgehead atoms. The minimum absolute atomic E-state index is 0.00142. The van der Waals surface area contributed by atoms with Crippen LogP contribution in [0.5, 0.6) is 0 Å². The monoisotopic (exact) mass is 223 g/mol. The van der Waals surface area contributed by atoms with Gasteiger partial charge in [0.15, 0.2) is 0 Å². The number of carbonyl (C=O) groups is 1. The van der Waals surface area contributed by atoms with Crippen LogP contribution in [0.3, 0.4) is 0 Å². The largest absolute Gasteiger partial charge is 0.396 e. The van der Waals surface area contributed by atoms with Crippen LogP contribution in [0.2, 0.25) is 0 Å².